The van der Waals surface area contributed by atoms with E-state index in [4.69, 9.17) is 4.42 Å². The van der Waals surface area contributed by atoms with Gasteiger partial charge >= 0.3 is 5.76 Å². The highest BCUT2D eigenvalue weighted by Crippen LogP contribution is 2.19. The fraction of sp³-hybridized carbons (Fsp3) is 0.526. The van der Waals surface area contributed by atoms with E-state index in [0.29, 0.717) is 37.3 Å². The number of benzene rings is 1. The molecule has 1 fully saturated rings. The highest BCUT2D eigenvalue weighted by molar-refractivity contribution is 5.82. The first kappa shape index (κ1) is 18.2. The van der Waals surface area contributed by atoms with E-state index in [-0.39, 0.29) is 18.2 Å². The highest BCUT2D eigenvalue weighted by atomic mass is 16.4. The van der Waals surface area contributed by atoms with E-state index in [0.717, 1.165) is 12.0 Å². The van der Waals surface area contributed by atoms with E-state index in [2.05, 4.69) is 4.98 Å². The number of amides is 2. The van der Waals surface area contributed by atoms with Crippen molar-refractivity contribution in [3.05, 3.63) is 34.3 Å². The first-order valence-corrected chi connectivity index (χ1v) is 8.93. The predicted molar refractivity (Wildman–Crippen MR) is 97.8 cm³/mol. The lowest BCUT2D eigenvalue weighted by Crippen LogP contribution is -2.42. The maximum absolute atomic E-state index is 12.7. The van der Waals surface area contributed by atoms with Crippen LogP contribution < -0.4 is 5.76 Å². The van der Waals surface area contributed by atoms with Crippen LogP contribution in [0.15, 0.2) is 27.4 Å². The quantitative estimate of drug-likeness (QED) is 0.885. The SMILES string of the molecule is CC(C)(C)C(=O)N1CCCN(C(=O)Cc2ccc3oc(=O)[nH]c3c2)CC1. The summed E-state index contributed by atoms with van der Waals surface area (Å²) in [6.45, 7) is 8.19. The van der Waals surface area contributed by atoms with Crippen LogP contribution in [0.3, 0.4) is 0 Å². The minimum atomic E-state index is -0.500. The fourth-order valence-electron chi connectivity index (χ4n) is 3.24. The van der Waals surface area contributed by atoms with Crippen LogP contribution >= 0.6 is 0 Å². The van der Waals surface area contributed by atoms with Gasteiger partial charge in [0.25, 0.3) is 0 Å². The zero-order valence-corrected chi connectivity index (χ0v) is 15.5. The zero-order chi connectivity index (χ0) is 18.9. The molecule has 0 spiro atoms. The van der Waals surface area contributed by atoms with Crippen molar-refractivity contribution in [3.63, 3.8) is 0 Å². The van der Waals surface area contributed by atoms with Crippen molar-refractivity contribution in [1.29, 1.82) is 0 Å². The Balaban J connectivity index is 1.64. The maximum Gasteiger partial charge on any atom is 0.417 e. The van der Waals surface area contributed by atoms with Crippen LogP contribution in [0.4, 0.5) is 0 Å². The maximum atomic E-state index is 12.7. The van der Waals surface area contributed by atoms with Gasteiger partial charge in [-0.3, -0.25) is 14.6 Å². The molecule has 7 nitrogen and oxygen atoms in total. The van der Waals surface area contributed by atoms with Crippen molar-refractivity contribution < 1.29 is 14.0 Å². The number of hydrogen-bond acceptors (Lipinski definition) is 4. The first-order chi connectivity index (χ1) is 12.2. The van der Waals surface area contributed by atoms with Crippen molar-refractivity contribution in [3.8, 4) is 0 Å². The molecule has 0 unspecified atom stereocenters. The molecule has 1 saturated heterocycles. The van der Waals surface area contributed by atoms with Crippen LogP contribution in [0.1, 0.15) is 32.8 Å². The number of carbonyl (C=O) groups excluding carboxylic acids is 2. The molecular weight excluding hydrogens is 334 g/mol. The summed E-state index contributed by atoms with van der Waals surface area (Å²) in [7, 11) is 0. The van der Waals surface area contributed by atoms with Gasteiger partial charge < -0.3 is 14.2 Å². The lowest BCUT2D eigenvalue weighted by atomic mass is 9.94. The number of fused-ring (bicyclic) bond motifs is 1. The van der Waals surface area contributed by atoms with Gasteiger partial charge in [0.15, 0.2) is 5.58 Å². The summed E-state index contributed by atoms with van der Waals surface area (Å²) in [6, 6.07) is 5.26. The largest absolute Gasteiger partial charge is 0.417 e. The Morgan fingerprint density at radius 2 is 1.81 bits per heavy atom. The molecule has 0 saturated carbocycles. The second kappa shape index (κ2) is 6.97. The third-order valence-electron chi connectivity index (χ3n) is 4.62. The average Bonchev–Trinajstić information content (AvgIpc) is 2.78. The van der Waals surface area contributed by atoms with Gasteiger partial charge in [-0.1, -0.05) is 26.8 Å². The normalized spacial score (nSPS) is 16.0. The molecule has 7 heteroatoms. The van der Waals surface area contributed by atoms with Crippen LogP contribution in [0.2, 0.25) is 0 Å². The molecule has 0 atom stereocenters. The van der Waals surface area contributed by atoms with Gasteiger partial charge in [-0.2, -0.15) is 0 Å². The molecule has 2 aromatic rings. The Hall–Kier alpha value is -2.57. The molecule has 140 valence electrons. The summed E-state index contributed by atoms with van der Waals surface area (Å²) >= 11 is 0. The number of carbonyl (C=O) groups is 2. The molecule has 1 aromatic carbocycles. The summed E-state index contributed by atoms with van der Waals surface area (Å²) in [5.74, 6) is -0.346. The number of rotatable bonds is 2. The van der Waals surface area contributed by atoms with E-state index in [1.54, 1.807) is 18.2 Å². The van der Waals surface area contributed by atoms with E-state index >= 15 is 0 Å². The van der Waals surface area contributed by atoms with Gasteiger partial charge in [0.1, 0.15) is 0 Å². The summed E-state index contributed by atoms with van der Waals surface area (Å²) in [4.78, 5) is 42.6. The number of aromatic nitrogens is 1. The smallest absolute Gasteiger partial charge is 0.408 e. The molecular formula is C19H25N3O4. The van der Waals surface area contributed by atoms with Gasteiger partial charge in [0.2, 0.25) is 11.8 Å². The van der Waals surface area contributed by atoms with Crippen LogP contribution in [0.5, 0.6) is 0 Å². The molecule has 0 bridgehead atoms. The van der Waals surface area contributed by atoms with E-state index in [1.807, 2.05) is 30.6 Å². The number of hydrogen-bond donors (Lipinski definition) is 1. The van der Waals surface area contributed by atoms with Crippen molar-refractivity contribution in [1.82, 2.24) is 14.8 Å². The second-order valence-corrected chi connectivity index (χ2v) is 7.80. The average molecular weight is 359 g/mol. The lowest BCUT2D eigenvalue weighted by molar-refractivity contribution is -0.139. The van der Waals surface area contributed by atoms with Gasteiger partial charge in [0, 0.05) is 31.6 Å². The topological polar surface area (TPSA) is 86.6 Å². The van der Waals surface area contributed by atoms with Gasteiger partial charge in [-0.25, -0.2) is 4.79 Å². The molecule has 1 aromatic heterocycles. The number of H-pyrrole nitrogens is 1. The molecule has 0 radical (unpaired) electrons. The number of nitrogens with zero attached hydrogens (tertiary/aromatic N) is 2. The van der Waals surface area contributed by atoms with Gasteiger partial charge in [0.05, 0.1) is 11.9 Å². The van der Waals surface area contributed by atoms with Crippen molar-refractivity contribution in [2.24, 2.45) is 5.41 Å². The Labute approximate surface area is 152 Å². The third-order valence-corrected chi connectivity index (χ3v) is 4.62. The lowest BCUT2D eigenvalue weighted by Gasteiger charge is -2.28. The van der Waals surface area contributed by atoms with Crippen molar-refractivity contribution >= 4 is 22.9 Å². The Morgan fingerprint density at radius 1 is 1.12 bits per heavy atom. The van der Waals surface area contributed by atoms with Gasteiger partial charge in [-0.05, 0) is 24.1 Å². The van der Waals surface area contributed by atoms with E-state index in [9.17, 15) is 14.4 Å². The fourth-order valence-corrected chi connectivity index (χ4v) is 3.24. The van der Waals surface area contributed by atoms with Crippen molar-refractivity contribution in [2.75, 3.05) is 26.2 Å². The Bertz CT molecular complexity index is 875. The number of oxazole rings is 1. The number of nitrogens with one attached hydrogen (secondary N) is 1. The number of aromatic amines is 1. The van der Waals surface area contributed by atoms with Crippen LogP contribution in [-0.2, 0) is 16.0 Å². The molecule has 0 aliphatic carbocycles. The zero-order valence-electron chi connectivity index (χ0n) is 15.5. The summed E-state index contributed by atoms with van der Waals surface area (Å²) < 4.78 is 4.98. The Kier molecular flexibility index (Phi) is 4.89. The minimum Gasteiger partial charge on any atom is -0.408 e. The van der Waals surface area contributed by atoms with Crippen molar-refractivity contribution in [2.45, 2.75) is 33.6 Å². The Morgan fingerprint density at radius 3 is 2.54 bits per heavy atom. The molecule has 2 heterocycles. The summed E-state index contributed by atoms with van der Waals surface area (Å²) in [5.41, 5.74) is 1.50. The molecule has 3 rings (SSSR count). The van der Waals surface area contributed by atoms with Crippen LogP contribution in [-0.4, -0.2) is 52.8 Å². The standard InChI is InChI=1S/C19H25N3O4/c1-19(2,3)17(24)22-8-4-7-21(9-10-22)16(23)12-13-5-6-15-14(11-13)20-18(25)26-15/h5-6,11H,4,7-10,12H2,1-3H3,(H,20,25). The molecule has 1 N–H and O–H groups in total. The minimum absolute atomic E-state index is 0.0280. The summed E-state index contributed by atoms with van der Waals surface area (Å²) in [5, 5.41) is 0. The van der Waals surface area contributed by atoms with E-state index in [1.165, 1.54) is 0 Å². The second-order valence-electron chi connectivity index (χ2n) is 7.80. The van der Waals surface area contributed by atoms with E-state index < -0.39 is 11.2 Å². The predicted octanol–water partition coefficient (Wildman–Crippen LogP) is 1.77. The third kappa shape index (κ3) is 3.98. The van der Waals surface area contributed by atoms with Crippen LogP contribution in [0, 0.1) is 5.41 Å². The van der Waals surface area contributed by atoms with Crippen LogP contribution in [0.25, 0.3) is 11.1 Å². The van der Waals surface area contributed by atoms with Gasteiger partial charge in [-0.15, -0.1) is 0 Å². The highest BCUT2D eigenvalue weighted by Gasteiger charge is 2.29. The molecule has 2 amide bonds. The molecule has 1 aliphatic rings. The molecule has 26 heavy (non-hydrogen) atoms. The molecule has 1 aliphatic heterocycles. The first-order valence-electron chi connectivity index (χ1n) is 8.93. The summed E-state index contributed by atoms with van der Waals surface area (Å²) in [6.07, 6.45) is 1.04. The monoisotopic (exact) mass is 359 g/mol.